The van der Waals surface area contributed by atoms with E-state index in [1.54, 1.807) is 0 Å². The van der Waals surface area contributed by atoms with Crippen LogP contribution in [0, 0.1) is 0 Å². The van der Waals surface area contributed by atoms with Gasteiger partial charge in [-0.2, -0.15) is 0 Å². The van der Waals surface area contributed by atoms with Crippen molar-refractivity contribution >= 4 is 10.9 Å². The van der Waals surface area contributed by atoms with E-state index in [1.165, 1.54) is 16.6 Å². The van der Waals surface area contributed by atoms with Gasteiger partial charge in [0.2, 0.25) is 0 Å². The van der Waals surface area contributed by atoms with Gasteiger partial charge in [0.15, 0.2) is 0 Å². The van der Waals surface area contributed by atoms with Crippen LogP contribution >= 0.6 is 0 Å². The summed E-state index contributed by atoms with van der Waals surface area (Å²) >= 11 is 0. The SMILES string of the molecule is CCOc1cc(CN2CCC(c3ccc4ccccc4n3)CC2)cc(OCC)c1. The lowest BCUT2D eigenvalue weighted by atomic mass is 9.92. The summed E-state index contributed by atoms with van der Waals surface area (Å²) in [4.78, 5) is 7.45. The number of ether oxygens (including phenoxy) is 2. The fourth-order valence-corrected chi connectivity index (χ4v) is 4.18. The highest BCUT2D eigenvalue weighted by Gasteiger charge is 2.22. The Kier molecular flexibility index (Phi) is 6.30. The van der Waals surface area contributed by atoms with Crippen molar-refractivity contribution in [2.75, 3.05) is 26.3 Å². The molecule has 0 aliphatic carbocycles. The summed E-state index contributed by atoms with van der Waals surface area (Å²) in [6.45, 7) is 8.46. The first-order chi connectivity index (χ1) is 14.2. The highest BCUT2D eigenvalue weighted by molar-refractivity contribution is 5.78. The zero-order chi connectivity index (χ0) is 20.1. The number of hydrogen-bond acceptors (Lipinski definition) is 4. The molecule has 0 N–H and O–H groups in total. The van der Waals surface area contributed by atoms with Gasteiger partial charge < -0.3 is 9.47 Å². The molecule has 0 spiro atoms. The predicted molar refractivity (Wildman–Crippen MR) is 118 cm³/mol. The van der Waals surface area contributed by atoms with Gasteiger partial charge in [-0.1, -0.05) is 24.3 Å². The normalized spacial score (nSPS) is 15.5. The first kappa shape index (κ1) is 19.7. The third kappa shape index (κ3) is 4.88. The maximum absolute atomic E-state index is 5.73. The van der Waals surface area contributed by atoms with E-state index in [4.69, 9.17) is 14.5 Å². The Hall–Kier alpha value is -2.59. The van der Waals surface area contributed by atoms with Gasteiger partial charge >= 0.3 is 0 Å². The van der Waals surface area contributed by atoms with Gasteiger partial charge in [0.1, 0.15) is 11.5 Å². The molecule has 4 heteroatoms. The van der Waals surface area contributed by atoms with Gasteiger partial charge in [-0.25, -0.2) is 0 Å². The van der Waals surface area contributed by atoms with Crippen molar-refractivity contribution in [2.24, 2.45) is 0 Å². The van der Waals surface area contributed by atoms with E-state index < -0.39 is 0 Å². The Labute approximate surface area is 173 Å². The van der Waals surface area contributed by atoms with Crippen LogP contribution in [0.3, 0.4) is 0 Å². The zero-order valence-electron chi connectivity index (χ0n) is 17.4. The molecular formula is C25H30N2O2. The third-order valence-corrected chi connectivity index (χ3v) is 5.59. The molecule has 0 saturated carbocycles. The molecule has 1 aliphatic heterocycles. The monoisotopic (exact) mass is 390 g/mol. The van der Waals surface area contributed by atoms with Crippen LogP contribution in [0.15, 0.2) is 54.6 Å². The van der Waals surface area contributed by atoms with E-state index in [0.29, 0.717) is 19.1 Å². The van der Waals surface area contributed by atoms with Gasteiger partial charge in [0.05, 0.1) is 18.7 Å². The predicted octanol–water partition coefficient (Wildman–Crippen LogP) is 5.41. The van der Waals surface area contributed by atoms with E-state index in [2.05, 4.69) is 53.4 Å². The maximum atomic E-state index is 5.73. The Morgan fingerprint density at radius 2 is 1.59 bits per heavy atom. The van der Waals surface area contributed by atoms with E-state index in [9.17, 15) is 0 Å². The molecule has 0 amide bonds. The van der Waals surface area contributed by atoms with Gasteiger partial charge in [0.25, 0.3) is 0 Å². The molecule has 0 radical (unpaired) electrons. The molecular weight excluding hydrogens is 360 g/mol. The highest BCUT2D eigenvalue weighted by atomic mass is 16.5. The number of hydrogen-bond donors (Lipinski definition) is 0. The molecule has 0 bridgehead atoms. The maximum Gasteiger partial charge on any atom is 0.123 e. The molecule has 0 unspecified atom stereocenters. The molecule has 2 heterocycles. The summed E-state index contributed by atoms with van der Waals surface area (Å²) < 4.78 is 11.5. The molecule has 3 aromatic rings. The van der Waals surface area contributed by atoms with Crippen LogP contribution in [-0.4, -0.2) is 36.2 Å². The van der Waals surface area contributed by atoms with Crippen LogP contribution in [0.5, 0.6) is 11.5 Å². The lowest BCUT2D eigenvalue weighted by molar-refractivity contribution is 0.203. The lowest BCUT2D eigenvalue weighted by Crippen LogP contribution is -2.32. The molecule has 4 nitrogen and oxygen atoms in total. The van der Waals surface area contributed by atoms with Crippen molar-refractivity contribution in [3.63, 3.8) is 0 Å². The van der Waals surface area contributed by atoms with E-state index in [-0.39, 0.29) is 0 Å². The van der Waals surface area contributed by atoms with Crippen LogP contribution in [0.2, 0.25) is 0 Å². The molecule has 1 fully saturated rings. The molecule has 152 valence electrons. The number of pyridine rings is 1. The summed E-state index contributed by atoms with van der Waals surface area (Å²) in [5.41, 5.74) is 3.59. The standard InChI is InChI=1S/C25H30N2O2/c1-3-28-22-15-19(16-23(17-22)29-4-2)18-27-13-11-21(12-14-27)25-10-9-20-7-5-6-8-24(20)26-25/h5-10,15-17,21H,3-4,11-14,18H2,1-2H3. The van der Waals surface area contributed by atoms with Crippen molar-refractivity contribution in [3.05, 3.63) is 65.9 Å². The number of fused-ring (bicyclic) bond motifs is 1. The second-order valence-electron chi connectivity index (χ2n) is 7.66. The van der Waals surface area contributed by atoms with Gasteiger partial charge in [0, 0.05) is 29.6 Å². The summed E-state index contributed by atoms with van der Waals surface area (Å²) in [5.74, 6) is 2.33. The molecule has 1 aromatic heterocycles. The van der Waals surface area contributed by atoms with Crippen molar-refractivity contribution < 1.29 is 9.47 Å². The van der Waals surface area contributed by atoms with E-state index in [0.717, 1.165) is 49.5 Å². The quantitative estimate of drug-likeness (QED) is 0.540. The Bertz CT molecular complexity index is 924. The fraction of sp³-hybridized carbons (Fsp3) is 0.400. The fourth-order valence-electron chi connectivity index (χ4n) is 4.18. The minimum absolute atomic E-state index is 0.546. The topological polar surface area (TPSA) is 34.6 Å². The lowest BCUT2D eigenvalue weighted by Gasteiger charge is -2.32. The second kappa shape index (κ2) is 9.27. The number of para-hydroxylation sites is 1. The number of aromatic nitrogens is 1. The number of nitrogens with zero attached hydrogens (tertiary/aromatic N) is 2. The summed E-state index contributed by atoms with van der Waals surface area (Å²) in [5, 5.41) is 1.22. The average Bonchev–Trinajstić information content (AvgIpc) is 2.74. The molecule has 4 rings (SSSR count). The van der Waals surface area contributed by atoms with Crippen molar-refractivity contribution in [1.82, 2.24) is 9.88 Å². The minimum atomic E-state index is 0.546. The summed E-state index contributed by atoms with van der Waals surface area (Å²) in [6.07, 6.45) is 2.30. The molecule has 1 aliphatic rings. The molecule has 29 heavy (non-hydrogen) atoms. The third-order valence-electron chi connectivity index (χ3n) is 5.59. The van der Waals surface area contributed by atoms with Crippen molar-refractivity contribution in [2.45, 2.75) is 39.2 Å². The first-order valence-electron chi connectivity index (χ1n) is 10.7. The van der Waals surface area contributed by atoms with Crippen molar-refractivity contribution in [1.29, 1.82) is 0 Å². The van der Waals surface area contributed by atoms with Crippen LogP contribution in [-0.2, 0) is 6.54 Å². The average molecular weight is 391 g/mol. The van der Waals surface area contributed by atoms with Crippen LogP contribution in [0.25, 0.3) is 10.9 Å². The number of likely N-dealkylation sites (tertiary alicyclic amines) is 1. The largest absolute Gasteiger partial charge is 0.494 e. The Morgan fingerprint density at radius 1 is 0.897 bits per heavy atom. The summed E-state index contributed by atoms with van der Waals surface area (Å²) in [6, 6.07) is 19.0. The Morgan fingerprint density at radius 3 is 2.28 bits per heavy atom. The van der Waals surface area contributed by atoms with Crippen molar-refractivity contribution in [3.8, 4) is 11.5 Å². The zero-order valence-corrected chi connectivity index (χ0v) is 17.4. The van der Waals surface area contributed by atoms with Gasteiger partial charge in [-0.05, 0) is 69.6 Å². The van der Waals surface area contributed by atoms with Crippen LogP contribution < -0.4 is 9.47 Å². The number of benzene rings is 2. The van der Waals surface area contributed by atoms with E-state index in [1.807, 2.05) is 19.9 Å². The minimum Gasteiger partial charge on any atom is -0.494 e. The van der Waals surface area contributed by atoms with E-state index >= 15 is 0 Å². The van der Waals surface area contributed by atoms with Gasteiger partial charge in [-0.15, -0.1) is 0 Å². The highest BCUT2D eigenvalue weighted by Crippen LogP contribution is 2.30. The molecule has 2 aromatic carbocycles. The Balaban J connectivity index is 1.40. The van der Waals surface area contributed by atoms with Crippen LogP contribution in [0.4, 0.5) is 0 Å². The number of piperidine rings is 1. The summed E-state index contributed by atoms with van der Waals surface area (Å²) in [7, 11) is 0. The van der Waals surface area contributed by atoms with Crippen LogP contribution in [0.1, 0.15) is 43.9 Å². The first-order valence-corrected chi connectivity index (χ1v) is 10.7. The second-order valence-corrected chi connectivity index (χ2v) is 7.66. The smallest absolute Gasteiger partial charge is 0.123 e. The molecule has 0 atom stereocenters. The van der Waals surface area contributed by atoms with Gasteiger partial charge in [-0.3, -0.25) is 9.88 Å². The number of rotatable bonds is 7. The molecule has 1 saturated heterocycles.